The fraction of sp³-hybridized carbons (Fsp3) is 0.167. The Hall–Kier alpha value is -1.07. The first kappa shape index (κ1) is 12.4. The van der Waals surface area contributed by atoms with Crippen molar-refractivity contribution in [3.8, 4) is 0 Å². The molecule has 0 spiro atoms. The molecule has 0 radical (unpaired) electrons. The van der Waals surface area contributed by atoms with Gasteiger partial charge in [-0.25, -0.2) is 0 Å². The van der Waals surface area contributed by atoms with E-state index in [4.69, 9.17) is 0 Å². The van der Waals surface area contributed by atoms with Gasteiger partial charge in [0.05, 0.1) is 17.0 Å². The van der Waals surface area contributed by atoms with Gasteiger partial charge in [-0.2, -0.15) is 11.8 Å². The highest BCUT2D eigenvalue weighted by atomic mass is 79.9. The van der Waals surface area contributed by atoms with E-state index in [0.717, 1.165) is 21.1 Å². The number of nitrogens with one attached hydrogen (secondary N) is 1. The second-order valence-electron chi connectivity index (χ2n) is 3.51. The standard InChI is InChI=1S/C12H11BrN2OS/c1-17-7-11(16)15-10-4-2-3-8-5-9(13)6-14-12(8)10/h2-6H,7H2,1H3,(H,15,16). The first-order chi connectivity index (χ1) is 8.20. The molecule has 0 atom stereocenters. The number of carbonyl (C=O) groups excluding carboxylic acids is 1. The largest absolute Gasteiger partial charge is 0.323 e. The summed E-state index contributed by atoms with van der Waals surface area (Å²) in [5.41, 5.74) is 1.57. The predicted molar refractivity (Wildman–Crippen MR) is 76.5 cm³/mol. The van der Waals surface area contributed by atoms with Crippen LogP contribution in [0.1, 0.15) is 0 Å². The summed E-state index contributed by atoms with van der Waals surface area (Å²) in [6.07, 6.45) is 3.63. The van der Waals surface area contributed by atoms with Crippen molar-refractivity contribution in [3.05, 3.63) is 34.9 Å². The third-order valence-electron chi connectivity index (χ3n) is 2.23. The molecule has 3 nitrogen and oxygen atoms in total. The molecular weight excluding hydrogens is 300 g/mol. The molecule has 0 saturated carbocycles. The molecule has 0 bridgehead atoms. The summed E-state index contributed by atoms with van der Waals surface area (Å²) < 4.78 is 0.928. The van der Waals surface area contributed by atoms with E-state index in [9.17, 15) is 4.79 Å². The van der Waals surface area contributed by atoms with E-state index in [0.29, 0.717) is 5.75 Å². The smallest absolute Gasteiger partial charge is 0.234 e. The number of anilines is 1. The number of para-hydroxylation sites is 1. The number of hydrogen-bond acceptors (Lipinski definition) is 3. The summed E-state index contributed by atoms with van der Waals surface area (Å²) >= 11 is 4.88. The van der Waals surface area contributed by atoms with Gasteiger partial charge in [0.1, 0.15) is 0 Å². The Morgan fingerprint density at radius 1 is 1.53 bits per heavy atom. The highest BCUT2D eigenvalue weighted by Gasteiger charge is 2.06. The monoisotopic (exact) mass is 310 g/mol. The maximum atomic E-state index is 11.6. The fourth-order valence-electron chi connectivity index (χ4n) is 1.55. The Bertz CT molecular complexity index is 559. The van der Waals surface area contributed by atoms with Crippen molar-refractivity contribution >= 4 is 50.2 Å². The van der Waals surface area contributed by atoms with Crippen LogP contribution in [0.3, 0.4) is 0 Å². The van der Waals surface area contributed by atoms with E-state index in [-0.39, 0.29) is 5.91 Å². The first-order valence-corrected chi connectivity index (χ1v) is 7.22. The molecule has 0 aliphatic rings. The van der Waals surface area contributed by atoms with Crippen LogP contribution in [0.5, 0.6) is 0 Å². The molecule has 17 heavy (non-hydrogen) atoms. The summed E-state index contributed by atoms with van der Waals surface area (Å²) in [7, 11) is 0. The molecular formula is C12H11BrN2OS. The molecule has 1 heterocycles. The molecule has 0 fully saturated rings. The fourth-order valence-corrected chi connectivity index (χ4v) is 2.24. The first-order valence-electron chi connectivity index (χ1n) is 5.04. The molecule has 88 valence electrons. The van der Waals surface area contributed by atoms with Crippen LogP contribution in [0.25, 0.3) is 10.9 Å². The molecule has 0 unspecified atom stereocenters. The van der Waals surface area contributed by atoms with Gasteiger partial charge in [-0.3, -0.25) is 9.78 Å². The number of pyridine rings is 1. The van der Waals surface area contributed by atoms with Crippen molar-refractivity contribution in [3.63, 3.8) is 0 Å². The van der Waals surface area contributed by atoms with Gasteiger partial charge in [-0.05, 0) is 34.3 Å². The van der Waals surface area contributed by atoms with Crippen molar-refractivity contribution < 1.29 is 4.79 Å². The third-order valence-corrected chi connectivity index (χ3v) is 3.21. The zero-order valence-corrected chi connectivity index (χ0v) is 11.6. The maximum Gasteiger partial charge on any atom is 0.234 e. The van der Waals surface area contributed by atoms with Crippen LogP contribution in [-0.4, -0.2) is 22.9 Å². The number of nitrogens with zero attached hydrogens (tertiary/aromatic N) is 1. The Balaban J connectivity index is 2.37. The second-order valence-corrected chi connectivity index (χ2v) is 5.29. The van der Waals surface area contributed by atoms with Crippen molar-refractivity contribution in [2.45, 2.75) is 0 Å². The molecule has 0 aliphatic carbocycles. The number of carbonyl (C=O) groups is 1. The summed E-state index contributed by atoms with van der Waals surface area (Å²) in [5, 5.41) is 3.87. The van der Waals surface area contributed by atoms with Gasteiger partial charge in [0, 0.05) is 16.1 Å². The lowest BCUT2D eigenvalue weighted by atomic mass is 10.2. The molecule has 0 aliphatic heterocycles. The molecule has 0 saturated heterocycles. The van der Waals surface area contributed by atoms with Crippen molar-refractivity contribution in [1.29, 1.82) is 0 Å². The zero-order valence-electron chi connectivity index (χ0n) is 9.24. The van der Waals surface area contributed by atoms with Gasteiger partial charge < -0.3 is 5.32 Å². The topological polar surface area (TPSA) is 42.0 Å². The van der Waals surface area contributed by atoms with Crippen molar-refractivity contribution in [1.82, 2.24) is 4.98 Å². The lowest BCUT2D eigenvalue weighted by Gasteiger charge is -2.07. The number of benzene rings is 1. The quantitative estimate of drug-likeness (QED) is 0.945. The van der Waals surface area contributed by atoms with E-state index < -0.39 is 0 Å². The lowest BCUT2D eigenvalue weighted by molar-refractivity contribution is -0.113. The summed E-state index contributed by atoms with van der Waals surface area (Å²) in [6.45, 7) is 0. The highest BCUT2D eigenvalue weighted by Crippen LogP contribution is 2.23. The van der Waals surface area contributed by atoms with Crippen LogP contribution >= 0.6 is 27.7 Å². The van der Waals surface area contributed by atoms with Gasteiger partial charge in [0.2, 0.25) is 5.91 Å². The van der Waals surface area contributed by atoms with E-state index in [1.54, 1.807) is 6.20 Å². The van der Waals surface area contributed by atoms with E-state index in [1.165, 1.54) is 11.8 Å². The summed E-state index contributed by atoms with van der Waals surface area (Å²) in [6, 6.07) is 7.72. The number of halogens is 1. The van der Waals surface area contributed by atoms with Crippen LogP contribution in [0.2, 0.25) is 0 Å². The van der Waals surface area contributed by atoms with Gasteiger partial charge in [0.25, 0.3) is 0 Å². The maximum absolute atomic E-state index is 11.6. The predicted octanol–water partition coefficient (Wildman–Crippen LogP) is 3.30. The molecule has 1 aromatic carbocycles. The van der Waals surface area contributed by atoms with Crippen LogP contribution in [0.4, 0.5) is 5.69 Å². The highest BCUT2D eigenvalue weighted by molar-refractivity contribution is 9.10. The average molecular weight is 311 g/mol. The van der Waals surface area contributed by atoms with Gasteiger partial charge in [0.15, 0.2) is 0 Å². The van der Waals surface area contributed by atoms with Crippen molar-refractivity contribution in [2.24, 2.45) is 0 Å². The molecule has 5 heteroatoms. The summed E-state index contributed by atoms with van der Waals surface area (Å²) in [5.74, 6) is 0.446. The molecule has 1 N–H and O–H groups in total. The number of rotatable bonds is 3. The normalized spacial score (nSPS) is 10.5. The zero-order chi connectivity index (χ0) is 12.3. The van der Waals surface area contributed by atoms with Crippen LogP contribution in [0, 0.1) is 0 Å². The minimum Gasteiger partial charge on any atom is -0.323 e. The van der Waals surface area contributed by atoms with E-state index >= 15 is 0 Å². The molecule has 1 aromatic heterocycles. The third kappa shape index (κ3) is 2.98. The Kier molecular flexibility index (Phi) is 4.02. The van der Waals surface area contributed by atoms with E-state index in [1.807, 2.05) is 30.5 Å². The minimum absolute atomic E-state index is 0.00489. The summed E-state index contributed by atoms with van der Waals surface area (Å²) in [4.78, 5) is 15.9. The molecule has 2 rings (SSSR count). The second kappa shape index (κ2) is 5.51. The number of fused-ring (bicyclic) bond motifs is 1. The lowest BCUT2D eigenvalue weighted by Crippen LogP contribution is -2.14. The molecule has 2 aromatic rings. The number of aromatic nitrogens is 1. The Labute approximate surface area is 112 Å². The van der Waals surface area contributed by atoms with Crippen LogP contribution in [0.15, 0.2) is 34.9 Å². The minimum atomic E-state index is -0.00489. The number of hydrogen-bond donors (Lipinski definition) is 1. The average Bonchev–Trinajstić information content (AvgIpc) is 2.29. The Morgan fingerprint density at radius 2 is 2.35 bits per heavy atom. The van der Waals surface area contributed by atoms with Crippen LogP contribution in [-0.2, 0) is 4.79 Å². The number of thioether (sulfide) groups is 1. The Morgan fingerprint density at radius 3 is 3.12 bits per heavy atom. The van der Waals surface area contributed by atoms with Gasteiger partial charge in [-0.15, -0.1) is 0 Å². The molecule has 1 amide bonds. The van der Waals surface area contributed by atoms with E-state index in [2.05, 4.69) is 26.2 Å². The number of amides is 1. The van der Waals surface area contributed by atoms with Crippen molar-refractivity contribution in [2.75, 3.05) is 17.3 Å². The van der Waals surface area contributed by atoms with Gasteiger partial charge >= 0.3 is 0 Å². The van der Waals surface area contributed by atoms with Crippen LogP contribution < -0.4 is 5.32 Å². The van der Waals surface area contributed by atoms with Gasteiger partial charge in [-0.1, -0.05) is 12.1 Å². The SMILES string of the molecule is CSCC(=O)Nc1cccc2cc(Br)cnc12.